The first-order valence-electron chi connectivity index (χ1n) is 5.98. The van der Waals surface area contributed by atoms with E-state index in [1.807, 2.05) is 12.1 Å². The number of aromatic nitrogens is 3. The quantitative estimate of drug-likeness (QED) is 0.847. The summed E-state index contributed by atoms with van der Waals surface area (Å²) in [5, 5.41) is 20.2. The number of aliphatic hydroxyl groups is 1. The summed E-state index contributed by atoms with van der Waals surface area (Å²) in [7, 11) is 0. The molecule has 2 aromatic rings. The Morgan fingerprint density at radius 1 is 1.24 bits per heavy atom. The van der Waals surface area contributed by atoms with Crippen molar-refractivity contribution >= 4 is 0 Å². The molecule has 1 saturated carbocycles. The van der Waals surface area contributed by atoms with Gasteiger partial charge in [-0.25, -0.2) is 0 Å². The SMILES string of the molecule is OC(c1ccc(C2CCC2)cc1)c1cn[nH]n1. The Balaban J connectivity index is 1.79. The van der Waals surface area contributed by atoms with E-state index in [1.165, 1.54) is 24.8 Å². The molecule has 1 atom stereocenters. The standard InChI is InChI=1S/C13H15N3O/c17-13(12-8-14-16-15-12)11-6-4-10(5-7-11)9-2-1-3-9/h4-9,13,17H,1-3H2,(H,14,15,16). The molecule has 0 amide bonds. The highest BCUT2D eigenvalue weighted by molar-refractivity contribution is 5.30. The lowest BCUT2D eigenvalue weighted by Gasteiger charge is -2.26. The largest absolute Gasteiger partial charge is 0.382 e. The van der Waals surface area contributed by atoms with Gasteiger partial charge < -0.3 is 5.11 Å². The summed E-state index contributed by atoms with van der Waals surface area (Å²) in [4.78, 5) is 0. The van der Waals surface area contributed by atoms with Crippen LogP contribution in [0.2, 0.25) is 0 Å². The fourth-order valence-corrected chi connectivity index (χ4v) is 2.21. The predicted octanol–water partition coefficient (Wildman–Crippen LogP) is 2.15. The van der Waals surface area contributed by atoms with Crippen LogP contribution in [0.1, 0.15) is 48.1 Å². The number of hydrogen-bond acceptors (Lipinski definition) is 3. The van der Waals surface area contributed by atoms with Gasteiger partial charge in [0.15, 0.2) is 0 Å². The van der Waals surface area contributed by atoms with E-state index in [0.29, 0.717) is 5.69 Å². The van der Waals surface area contributed by atoms with Gasteiger partial charge in [0.1, 0.15) is 11.8 Å². The van der Waals surface area contributed by atoms with E-state index in [1.54, 1.807) is 6.20 Å². The third kappa shape index (κ3) is 1.96. The monoisotopic (exact) mass is 229 g/mol. The molecule has 17 heavy (non-hydrogen) atoms. The first-order chi connectivity index (χ1) is 8.34. The number of nitrogens with one attached hydrogen (secondary N) is 1. The molecule has 1 aliphatic rings. The van der Waals surface area contributed by atoms with Gasteiger partial charge in [0.2, 0.25) is 0 Å². The number of rotatable bonds is 3. The van der Waals surface area contributed by atoms with Gasteiger partial charge >= 0.3 is 0 Å². The summed E-state index contributed by atoms with van der Waals surface area (Å²) < 4.78 is 0. The van der Waals surface area contributed by atoms with Crippen LogP contribution in [-0.4, -0.2) is 20.5 Å². The lowest BCUT2D eigenvalue weighted by molar-refractivity contribution is 0.215. The zero-order valence-electron chi connectivity index (χ0n) is 9.50. The number of aromatic amines is 1. The van der Waals surface area contributed by atoms with Crippen LogP contribution in [0.5, 0.6) is 0 Å². The first kappa shape index (κ1) is 10.5. The van der Waals surface area contributed by atoms with Gasteiger partial charge in [-0.1, -0.05) is 30.7 Å². The summed E-state index contributed by atoms with van der Waals surface area (Å²) in [5.74, 6) is 0.730. The van der Waals surface area contributed by atoms with E-state index in [-0.39, 0.29) is 0 Å². The van der Waals surface area contributed by atoms with Crippen LogP contribution in [0, 0.1) is 0 Å². The van der Waals surface area contributed by atoms with Gasteiger partial charge in [0, 0.05) is 0 Å². The molecule has 4 nitrogen and oxygen atoms in total. The maximum absolute atomic E-state index is 10.1. The number of nitrogens with zero attached hydrogens (tertiary/aromatic N) is 2. The molecule has 88 valence electrons. The van der Waals surface area contributed by atoms with E-state index < -0.39 is 6.10 Å². The van der Waals surface area contributed by atoms with Crippen LogP contribution in [0.4, 0.5) is 0 Å². The zero-order valence-corrected chi connectivity index (χ0v) is 9.50. The average molecular weight is 229 g/mol. The molecule has 1 fully saturated rings. The van der Waals surface area contributed by atoms with Gasteiger partial charge in [-0.2, -0.15) is 15.4 Å². The number of aliphatic hydroxyl groups excluding tert-OH is 1. The van der Waals surface area contributed by atoms with Crippen LogP contribution in [0.25, 0.3) is 0 Å². The molecular formula is C13H15N3O. The Kier molecular flexibility index (Phi) is 2.65. The number of hydrogen-bond donors (Lipinski definition) is 2. The maximum atomic E-state index is 10.1. The van der Waals surface area contributed by atoms with Gasteiger partial charge in [0.25, 0.3) is 0 Å². The molecule has 1 aromatic carbocycles. The number of H-pyrrole nitrogens is 1. The summed E-state index contributed by atoms with van der Waals surface area (Å²) in [6.07, 6.45) is 4.79. The van der Waals surface area contributed by atoms with E-state index in [2.05, 4.69) is 27.5 Å². The Hall–Kier alpha value is -1.68. The topological polar surface area (TPSA) is 61.8 Å². The molecule has 1 heterocycles. The lowest BCUT2D eigenvalue weighted by atomic mass is 9.80. The minimum atomic E-state index is -0.691. The van der Waals surface area contributed by atoms with Crippen LogP contribution in [0.15, 0.2) is 30.5 Å². The Bertz CT molecular complexity index is 474. The summed E-state index contributed by atoms with van der Waals surface area (Å²) in [6, 6.07) is 8.19. The molecule has 2 N–H and O–H groups in total. The van der Waals surface area contributed by atoms with Gasteiger partial charge in [-0.15, -0.1) is 0 Å². The van der Waals surface area contributed by atoms with Crippen molar-refractivity contribution in [3.63, 3.8) is 0 Å². The average Bonchev–Trinajstić information content (AvgIpc) is 2.80. The Morgan fingerprint density at radius 2 is 2.00 bits per heavy atom. The zero-order chi connectivity index (χ0) is 11.7. The first-order valence-corrected chi connectivity index (χ1v) is 5.98. The minimum Gasteiger partial charge on any atom is -0.382 e. The van der Waals surface area contributed by atoms with Gasteiger partial charge in [0.05, 0.1) is 6.20 Å². The molecule has 4 heteroatoms. The van der Waals surface area contributed by atoms with Crippen molar-refractivity contribution in [3.05, 3.63) is 47.3 Å². The van der Waals surface area contributed by atoms with Crippen LogP contribution >= 0.6 is 0 Å². The van der Waals surface area contributed by atoms with E-state index >= 15 is 0 Å². The van der Waals surface area contributed by atoms with Crippen molar-refractivity contribution in [1.82, 2.24) is 15.4 Å². The van der Waals surface area contributed by atoms with Crippen molar-refractivity contribution in [3.8, 4) is 0 Å². The third-order valence-electron chi connectivity index (χ3n) is 3.54. The molecule has 0 bridgehead atoms. The van der Waals surface area contributed by atoms with Crippen LogP contribution in [0.3, 0.4) is 0 Å². The second kappa shape index (κ2) is 4.30. The molecule has 0 radical (unpaired) electrons. The van der Waals surface area contributed by atoms with Gasteiger partial charge in [-0.3, -0.25) is 0 Å². The second-order valence-corrected chi connectivity index (χ2v) is 4.59. The fraction of sp³-hybridized carbons (Fsp3) is 0.385. The summed E-state index contributed by atoms with van der Waals surface area (Å²) in [5.41, 5.74) is 2.80. The van der Waals surface area contributed by atoms with E-state index in [0.717, 1.165) is 11.5 Å². The maximum Gasteiger partial charge on any atom is 0.124 e. The van der Waals surface area contributed by atoms with Crippen LogP contribution < -0.4 is 0 Å². The van der Waals surface area contributed by atoms with Crippen LogP contribution in [-0.2, 0) is 0 Å². The third-order valence-corrected chi connectivity index (χ3v) is 3.54. The molecule has 3 rings (SSSR count). The second-order valence-electron chi connectivity index (χ2n) is 4.59. The molecule has 0 saturated heterocycles. The van der Waals surface area contributed by atoms with Crippen molar-refractivity contribution in [2.75, 3.05) is 0 Å². The molecule has 1 aliphatic carbocycles. The van der Waals surface area contributed by atoms with Gasteiger partial charge in [-0.05, 0) is 29.9 Å². The Morgan fingerprint density at radius 3 is 2.53 bits per heavy atom. The smallest absolute Gasteiger partial charge is 0.124 e. The minimum absolute atomic E-state index is 0.557. The van der Waals surface area contributed by atoms with E-state index in [4.69, 9.17) is 0 Å². The molecule has 1 unspecified atom stereocenters. The molecule has 0 aliphatic heterocycles. The highest BCUT2D eigenvalue weighted by Crippen LogP contribution is 2.36. The van der Waals surface area contributed by atoms with Crippen molar-refractivity contribution in [2.45, 2.75) is 31.3 Å². The summed E-state index contributed by atoms with van der Waals surface area (Å²) in [6.45, 7) is 0. The lowest BCUT2D eigenvalue weighted by Crippen LogP contribution is -2.09. The fourth-order valence-electron chi connectivity index (χ4n) is 2.21. The molecule has 0 spiro atoms. The van der Waals surface area contributed by atoms with Crippen molar-refractivity contribution < 1.29 is 5.11 Å². The van der Waals surface area contributed by atoms with Crippen molar-refractivity contribution in [2.24, 2.45) is 0 Å². The Labute approximate surface area is 99.7 Å². The normalized spacial score (nSPS) is 17.7. The number of benzene rings is 1. The highest BCUT2D eigenvalue weighted by Gasteiger charge is 2.20. The predicted molar refractivity (Wildman–Crippen MR) is 63.5 cm³/mol. The molecule has 1 aromatic heterocycles. The van der Waals surface area contributed by atoms with Crippen molar-refractivity contribution in [1.29, 1.82) is 0 Å². The molecular weight excluding hydrogens is 214 g/mol. The van der Waals surface area contributed by atoms with E-state index in [9.17, 15) is 5.11 Å². The summed E-state index contributed by atoms with van der Waals surface area (Å²) >= 11 is 0. The highest BCUT2D eigenvalue weighted by atomic mass is 16.3.